The summed E-state index contributed by atoms with van der Waals surface area (Å²) in [7, 11) is 0. The molecule has 0 aliphatic rings. The van der Waals surface area contributed by atoms with Crippen molar-refractivity contribution in [2.24, 2.45) is 0 Å². The van der Waals surface area contributed by atoms with Crippen molar-refractivity contribution < 1.29 is 4.79 Å². The zero-order chi connectivity index (χ0) is 21.8. The van der Waals surface area contributed by atoms with Crippen LogP contribution in [0, 0.1) is 18.3 Å². The van der Waals surface area contributed by atoms with Gasteiger partial charge in [-0.1, -0.05) is 35.9 Å². The summed E-state index contributed by atoms with van der Waals surface area (Å²) in [5.74, 6) is -0.392. The molecule has 4 aromatic rings. The summed E-state index contributed by atoms with van der Waals surface area (Å²) in [6.45, 7) is 2.38. The van der Waals surface area contributed by atoms with E-state index in [9.17, 15) is 10.1 Å². The molecule has 31 heavy (non-hydrogen) atoms. The minimum Gasteiger partial charge on any atom is -0.361 e. The third kappa shape index (κ3) is 4.40. The summed E-state index contributed by atoms with van der Waals surface area (Å²) in [6, 6.07) is 19.5. The lowest BCUT2D eigenvalue weighted by atomic mass is 10.1. The van der Waals surface area contributed by atoms with Crippen LogP contribution in [0.1, 0.15) is 16.8 Å². The van der Waals surface area contributed by atoms with Gasteiger partial charge < -0.3 is 14.9 Å². The van der Waals surface area contributed by atoms with E-state index in [0.29, 0.717) is 18.0 Å². The number of H-pyrrole nitrogens is 1. The Bertz CT molecular complexity index is 1320. The molecule has 1 amide bonds. The first-order valence-corrected chi connectivity index (χ1v) is 10.3. The van der Waals surface area contributed by atoms with Crippen molar-refractivity contribution in [1.29, 1.82) is 5.26 Å². The highest BCUT2D eigenvalue weighted by atomic mass is 35.5. The van der Waals surface area contributed by atoms with Crippen LogP contribution in [0.5, 0.6) is 0 Å². The molecular weight excluding hydrogens is 408 g/mol. The van der Waals surface area contributed by atoms with Crippen LogP contribution < -0.4 is 5.32 Å². The Kier molecular flexibility index (Phi) is 5.92. The SMILES string of the molecule is Cc1ccc(-n2cccc2/C=C(/C#N)C(=O)NCCc2c[nH]c3ccccc23)cc1Cl. The second kappa shape index (κ2) is 8.95. The van der Waals surface area contributed by atoms with Crippen molar-refractivity contribution in [3.05, 3.63) is 94.4 Å². The first-order valence-electron chi connectivity index (χ1n) is 9.95. The summed E-state index contributed by atoms with van der Waals surface area (Å²) in [6.07, 6.45) is 6.09. The highest BCUT2D eigenvalue weighted by molar-refractivity contribution is 6.31. The first kappa shape index (κ1) is 20.5. The zero-order valence-electron chi connectivity index (χ0n) is 17.0. The molecule has 0 saturated heterocycles. The molecule has 0 fully saturated rings. The van der Waals surface area contributed by atoms with Gasteiger partial charge in [0.05, 0.1) is 0 Å². The lowest BCUT2D eigenvalue weighted by Gasteiger charge is -2.09. The maximum absolute atomic E-state index is 12.6. The van der Waals surface area contributed by atoms with Gasteiger partial charge in [-0.3, -0.25) is 4.79 Å². The van der Waals surface area contributed by atoms with Crippen LogP contribution in [0.2, 0.25) is 5.02 Å². The highest BCUT2D eigenvalue weighted by Crippen LogP contribution is 2.22. The van der Waals surface area contributed by atoms with Gasteiger partial charge in [0.15, 0.2) is 0 Å². The van der Waals surface area contributed by atoms with E-state index in [2.05, 4.69) is 16.4 Å². The van der Waals surface area contributed by atoms with Crippen molar-refractivity contribution in [3.8, 4) is 11.8 Å². The summed E-state index contributed by atoms with van der Waals surface area (Å²) >= 11 is 6.25. The number of carbonyl (C=O) groups excluding carboxylic acids is 1. The Balaban J connectivity index is 1.47. The Morgan fingerprint density at radius 1 is 1.23 bits per heavy atom. The maximum Gasteiger partial charge on any atom is 0.262 e. The minimum atomic E-state index is -0.392. The Hall–Kier alpha value is -3.75. The van der Waals surface area contributed by atoms with Gasteiger partial charge in [0, 0.05) is 46.2 Å². The van der Waals surface area contributed by atoms with Gasteiger partial charge in [-0.25, -0.2) is 0 Å². The van der Waals surface area contributed by atoms with Gasteiger partial charge in [-0.05, 0) is 60.9 Å². The lowest BCUT2D eigenvalue weighted by Crippen LogP contribution is -2.26. The molecule has 0 aliphatic carbocycles. The number of para-hydroxylation sites is 1. The molecule has 0 radical (unpaired) electrons. The topological polar surface area (TPSA) is 73.6 Å². The summed E-state index contributed by atoms with van der Waals surface area (Å²) in [5.41, 5.74) is 4.83. The molecule has 2 aromatic carbocycles. The van der Waals surface area contributed by atoms with Crippen LogP contribution >= 0.6 is 11.6 Å². The van der Waals surface area contributed by atoms with Crippen molar-refractivity contribution >= 4 is 34.5 Å². The fourth-order valence-electron chi connectivity index (χ4n) is 3.52. The number of nitrogens with zero attached hydrogens (tertiary/aromatic N) is 2. The Morgan fingerprint density at radius 2 is 2.06 bits per heavy atom. The molecule has 0 saturated carbocycles. The molecule has 0 unspecified atom stereocenters. The number of fused-ring (bicyclic) bond motifs is 1. The molecule has 2 heterocycles. The van der Waals surface area contributed by atoms with E-state index in [-0.39, 0.29) is 5.57 Å². The number of nitriles is 1. The van der Waals surface area contributed by atoms with Gasteiger partial charge in [0.2, 0.25) is 0 Å². The standard InChI is InChI=1S/C25H21ClN4O/c1-17-8-9-21(14-23(17)26)30-12-4-5-20(30)13-19(15-27)25(31)28-11-10-18-16-29-24-7-3-2-6-22(18)24/h2-9,12-14,16,29H,10-11H2,1H3,(H,28,31)/b19-13-. The highest BCUT2D eigenvalue weighted by Gasteiger charge is 2.12. The molecule has 0 aliphatic heterocycles. The maximum atomic E-state index is 12.6. The van der Waals surface area contributed by atoms with Crippen LogP contribution in [0.25, 0.3) is 22.7 Å². The van der Waals surface area contributed by atoms with Crippen LogP contribution in [-0.2, 0) is 11.2 Å². The third-order valence-corrected chi connectivity index (χ3v) is 5.63. The van der Waals surface area contributed by atoms with Crippen molar-refractivity contribution in [2.45, 2.75) is 13.3 Å². The van der Waals surface area contributed by atoms with E-state index < -0.39 is 5.91 Å². The van der Waals surface area contributed by atoms with Crippen LogP contribution in [0.15, 0.2) is 72.6 Å². The number of aromatic nitrogens is 2. The number of aromatic amines is 1. The second-order valence-corrected chi connectivity index (χ2v) is 7.68. The fraction of sp³-hybridized carbons (Fsp3) is 0.120. The molecule has 5 nitrogen and oxygen atoms in total. The van der Waals surface area contributed by atoms with E-state index in [1.807, 2.05) is 78.5 Å². The number of halogens is 1. The van der Waals surface area contributed by atoms with Gasteiger partial charge in [0.25, 0.3) is 5.91 Å². The summed E-state index contributed by atoms with van der Waals surface area (Å²) < 4.78 is 1.89. The van der Waals surface area contributed by atoms with E-state index >= 15 is 0 Å². The fourth-order valence-corrected chi connectivity index (χ4v) is 3.69. The van der Waals surface area contributed by atoms with Crippen LogP contribution in [0.4, 0.5) is 0 Å². The molecule has 6 heteroatoms. The summed E-state index contributed by atoms with van der Waals surface area (Å²) in [5, 5.41) is 14.2. The van der Waals surface area contributed by atoms with Gasteiger partial charge in [0.1, 0.15) is 11.6 Å². The molecule has 0 spiro atoms. The monoisotopic (exact) mass is 428 g/mol. The lowest BCUT2D eigenvalue weighted by molar-refractivity contribution is -0.117. The third-order valence-electron chi connectivity index (χ3n) is 5.23. The predicted octanol–water partition coefficient (Wildman–Crippen LogP) is 5.19. The quantitative estimate of drug-likeness (QED) is 0.328. The molecule has 4 rings (SSSR count). The average molecular weight is 429 g/mol. The second-order valence-electron chi connectivity index (χ2n) is 7.27. The number of aryl methyl sites for hydroxylation is 1. The van der Waals surface area contributed by atoms with E-state index in [1.54, 1.807) is 6.08 Å². The Labute approximate surface area is 185 Å². The van der Waals surface area contributed by atoms with Crippen molar-refractivity contribution in [3.63, 3.8) is 0 Å². The van der Waals surface area contributed by atoms with Crippen molar-refractivity contribution in [1.82, 2.24) is 14.9 Å². The van der Waals surface area contributed by atoms with E-state index in [0.717, 1.165) is 33.4 Å². The normalized spacial score (nSPS) is 11.5. The van der Waals surface area contributed by atoms with Crippen LogP contribution in [-0.4, -0.2) is 22.0 Å². The Morgan fingerprint density at radius 3 is 2.87 bits per heavy atom. The predicted molar refractivity (Wildman–Crippen MR) is 124 cm³/mol. The van der Waals surface area contributed by atoms with Crippen molar-refractivity contribution in [2.75, 3.05) is 6.54 Å². The van der Waals surface area contributed by atoms with E-state index in [4.69, 9.17) is 11.6 Å². The molecule has 0 bridgehead atoms. The minimum absolute atomic E-state index is 0.0529. The van der Waals surface area contributed by atoms with E-state index in [1.165, 1.54) is 0 Å². The molecule has 2 N–H and O–H groups in total. The number of carbonyl (C=O) groups is 1. The number of rotatable bonds is 6. The number of amides is 1. The van der Waals surface area contributed by atoms with Gasteiger partial charge >= 0.3 is 0 Å². The molecule has 154 valence electrons. The largest absolute Gasteiger partial charge is 0.361 e. The summed E-state index contributed by atoms with van der Waals surface area (Å²) in [4.78, 5) is 15.8. The number of benzene rings is 2. The zero-order valence-corrected chi connectivity index (χ0v) is 17.8. The number of hydrogen-bond acceptors (Lipinski definition) is 2. The van der Waals surface area contributed by atoms with Gasteiger partial charge in [-0.2, -0.15) is 5.26 Å². The number of hydrogen-bond donors (Lipinski definition) is 2. The van der Waals surface area contributed by atoms with Gasteiger partial charge in [-0.15, -0.1) is 0 Å². The average Bonchev–Trinajstić information content (AvgIpc) is 3.41. The smallest absolute Gasteiger partial charge is 0.262 e. The molecule has 2 aromatic heterocycles. The number of nitrogens with one attached hydrogen (secondary N) is 2. The molecule has 0 atom stereocenters. The van der Waals surface area contributed by atoms with Crippen LogP contribution in [0.3, 0.4) is 0 Å². The first-order chi connectivity index (χ1) is 15.1. The molecular formula is C25H21ClN4O.